The summed E-state index contributed by atoms with van der Waals surface area (Å²) in [6, 6.07) is 9.20. The Labute approximate surface area is 75.8 Å². The molecule has 1 rings (SSSR count). The largest absolute Gasteiger partial charge is 0.544 e. The van der Waals surface area contributed by atoms with Gasteiger partial charge in [0.2, 0.25) is 0 Å². The second-order valence-corrected chi connectivity index (χ2v) is 2.87. The molecule has 62 valence electrons. The van der Waals surface area contributed by atoms with Crippen LogP contribution < -0.4 is 5.11 Å². The van der Waals surface area contributed by atoms with Crippen LogP contribution in [0, 0.1) is 0 Å². The third-order valence-corrected chi connectivity index (χ3v) is 1.75. The second-order valence-electron chi connectivity index (χ2n) is 2.37. The number of aliphatic carboxylic acids is 1. The van der Waals surface area contributed by atoms with Crippen LogP contribution in [-0.4, -0.2) is 10.8 Å². The van der Waals surface area contributed by atoms with Crippen LogP contribution in [0.25, 0.3) is 0 Å². The molecule has 0 atom stereocenters. The van der Waals surface area contributed by atoms with E-state index in [-0.39, 0.29) is 11.3 Å². The van der Waals surface area contributed by atoms with Gasteiger partial charge < -0.3 is 9.90 Å². The lowest BCUT2D eigenvalue weighted by molar-refractivity contribution is -0.293. The van der Waals surface area contributed by atoms with Crippen molar-refractivity contribution >= 4 is 23.1 Å². The Morgan fingerprint density at radius 1 is 1.33 bits per heavy atom. The molecule has 0 bridgehead atoms. The Balaban J connectivity index is 2.65. The minimum atomic E-state index is -1.26. The van der Waals surface area contributed by atoms with E-state index >= 15 is 0 Å². The first-order chi connectivity index (χ1) is 5.70. The summed E-state index contributed by atoms with van der Waals surface area (Å²) in [4.78, 5) is 10.2. The SMILES string of the molecule is O=C([O-])C(=S)Cc1ccccc1. The molecule has 0 radical (unpaired) electrons. The van der Waals surface area contributed by atoms with Crippen LogP contribution in [0.2, 0.25) is 0 Å². The molecular weight excluding hydrogens is 172 g/mol. The van der Waals surface area contributed by atoms with E-state index in [1.54, 1.807) is 0 Å². The molecule has 1 aromatic rings. The van der Waals surface area contributed by atoms with E-state index in [1.807, 2.05) is 30.3 Å². The number of carboxylic acids is 1. The van der Waals surface area contributed by atoms with Crippen LogP contribution >= 0.6 is 12.2 Å². The Morgan fingerprint density at radius 2 is 1.92 bits per heavy atom. The van der Waals surface area contributed by atoms with Gasteiger partial charge in [0.25, 0.3) is 0 Å². The fourth-order valence-electron chi connectivity index (χ4n) is 0.853. The van der Waals surface area contributed by atoms with Crippen LogP contribution in [0.1, 0.15) is 5.56 Å². The number of hydrogen-bond acceptors (Lipinski definition) is 3. The fourth-order valence-corrected chi connectivity index (χ4v) is 1.02. The van der Waals surface area contributed by atoms with E-state index in [0.29, 0.717) is 0 Å². The summed E-state index contributed by atoms with van der Waals surface area (Å²) in [5, 5.41) is 10.3. The average molecular weight is 179 g/mol. The number of carbonyl (C=O) groups excluding carboxylic acids is 1. The normalized spacial score (nSPS) is 9.33. The van der Waals surface area contributed by atoms with Crippen molar-refractivity contribution in [2.45, 2.75) is 6.42 Å². The molecule has 0 aliphatic carbocycles. The summed E-state index contributed by atoms with van der Waals surface area (Å²) in [7, 11) is 0. The quantitative estimate of drug-likeness (QED) is 0.628. The van der Waals surface area contributed by atoms with Crippen LogP contribution in [0.4, 0.5) is 0 Å². The van der Waals surface area contributed by atoms with Gasteiger partial charge in [-0.3, -0.25) is 0 Å². The highest BCUT2D eigenvalue weighted by Crippen LogP contribution is 2.00. The van der Waals surface area contributed by atoms with Crippen molar-refractivity contribution < 1.29 is 9.90 Å². The van der Waals surface area contributed by atoms with Crippen molar-refractivity contribution in [2.24, 2.45) is 0 Å². The van der Waals surface area contributed by atoms with Gasteiger partial charge in [-0.25, -0.2) is 0 Å². The minimum absolute atomic E-state index is 0.0544. The summed E-state index contributed by atoms with van der Waals surface area (Å²) in [6.45, 7) is 0. The lowest BCUT2D eigenvalue weighted by atomic mass is 10.1. The molecule has 0 amide bonds. The third kappa shape index (κ3) is 2.43. The van der Waals surface area contributed by atoms with Crippen LogP contribution in [0.5, 0.6) is 0 Å². The summed E-state index contributed by atoms with van der Waals surface area (Å²) in [5.74, 6) is -1.26. The first kappa shape index (κ1) is 8.87. The fraction of sp³-hybridized carbons (Fsp3) is 0.111. The molecular formula is C9H7O2S-. The molecule has 0 aliphatic rings. The Bertz CT molecular complexity index is 293. The summed E-state index contributed by atoms with van der Waals surface area (Å²) < 4.78 is 0. The predicted molar refractivity (Wildman–Crippen MR) is 47.8 cm³/mol. The number of thiocarbonyl (C=S) groups is 1. The van der Waals surface area contributed by atoms with E-state index in [9.17, 15) is 9.90 Å². The third-order valence-electron chi connectivity index (χ3n) is 1.44. The van der Waals surface area contributed by atoms with Gasteiger partial charge in [-0.15, -0.1) is 0 Å². The number of hydrogen-bond donors (Lipinski definition) is 0. The Kier molecular flexibility index (Phi) is 2.94. The maximum atomic E-state index is 10.3. The van der Waals surface area contributed by atoms with Gasteiger partial charge in [0.05, 0.1) is 5.97 Å². The maximum absolute atomic E-state index is 10.3. The summed E-state index contributed by atoms with van der Waals surface area (Å²) in [5.41, 5.74) is 0.895. The number of carbonyl (C=O) groups is 1. The van der Waals surface area contributed by atoms with Gasteiger partial charge in [-0.1, -0.05) is 42.5 Å². The summed E-state index contributed by atoms with van der Waals surface area (Å²) in [6.07, 6.45) is 0.276. The highest BCUT2D eigenvalue weighted by atomic mass is 32.1. The first-order valence-electron chi connectivity index (χ1n) is 3.48. The molecule has 0 aromatic heterocycles. The molecule has 2 nitrogen and oxygen atoms in total. The van der Waals surface area contributed by atoms with E-state index in [4.69, 9.17) is 0 Å². The number of rotatable bonds is 3. The van der Waals surface area contributed by atoms with Crippen LogP contribution in [0.3, 0.4) is 0 Å². The zero-order chi connectivity index (χ0) is 8.97. The first-order valence-corrected chi connectivity index (χ1v) is 3.89. The van der Waals surface area contributed by atoms with Gasteiger partial charge >= 0.3 is 0 Å². The predicted octanol–water partition coefficient (Wildman–Crippen LogP) is 0.349. The van der Waals surface area contributed by atoms with Crippen molar-refractivity contribution in [3.63, 3.8) is 0 Å². The Hall–Kier alpha value is -1.22. The molecule has 0 unspecified atom stereocenters. The van der Waals surface area contributed by atoms with Gasteiger partial charge in [0, 0.05) is 11.3 Å². The lowest BCUT2D eigenvalue weighted by Gasteiger charge is -2.03. The molecule has 3 heteroatoms. The average Bonchev–Trinajstić information content (AvgIpc) is 2.06. The van der Waals surface area contributed by atoms with Gasteiger partial charge in [0.15, 0.2) is 0 Å². The minimum Gasteiger partial charge on any atom is -0.544 e. The maximum Gasteiger partial charge on any atom is 0.0785 e. The van der Waals surface area contributed by atoms with Crippen molar-refractivity contribution in [3.8, 4) is 0 Å². The van der Waals surface area contributed by atoms with Crippen LogP contribution in [0.15, 0.2) is 30.3 Å². The van der Waals surface area contributed by atoms with E-state index in [0.717, 1.165) is 5.56 Å². The molecule has 0 aliphatic heterocycles. The summed E-state index contributed by atoms with van der Waals surface area (Å²) >= 11 is 4.60. The molecule has 0 spiro atoms. The van der Waals surface area contributed by atoms with Crippen molar-refractivity contribution in [1.29, 1.82) is 0 Å². The molecule has 0 saturated carbocycles. The molecule has 0 fully saturated rings. The van der Waals surface area contributed by atoms with E-state index in [2.05, 4.69) is 12.2 Å². The van der Waals surface area contributed by atoms with Gasteiger partial charge in [-0.2, -0.15) is 0 Å². The zero-order valence-corrected chi connectivity index (χ0v) is 7.14. The van der Waals surface area contributed by atoms with Gasteiger partial charge in [-0.05, 0) is 5.56 Å². The standard InChI is InChI=1S/C9H8O2S/c10-9(11)8(12)6-7-4-2-1-3-5-7/h1-5H,6H2,(H,10,11)/p-1. The van der Waals surface area contributed by atoms with E-state index in [1.165, 1.54) is 0 Å². The van der Waals surface area contributed by atoms with E-state index < -0.39 is 5.97 Å². The van der Waals surface area contributed by atoms with Crippen molar-refractivity contribution in [2.75, 3.05) is 0 Å². The van der Waals surface area contributed by atoms with Crippen molar-refractivity contribution in [3.05, 3.63) is 35.9 Å². The smallest absolute Gasteiger partial charge is 0.0785 e. The molecule has 12 heavy (non-hydrogen) atoms. The van der Waals surface area contributed by atoms with Crippen LogP contribution in [-0.2, 0) is 11.2 Å². The molecule has 0 N–H and O–H groups in total. The zero-order valence-electron chi connectivity index (χ0n) is 6.32. The molecule has 1 aromatic carbocycles. The monoisotopic (exact) mass is 179 g/mol. The highest BCUT2D eigenvalue weighted by Gasteiger charge is 1.98. The molecule has 0 saturated heterocycles. The number of benzene rings is 1. The number of carboxylic acid groups (broad SMARTS) is 1. The van der Waals surface area contributed by atoms with Crippen molar-refractivity contribution in [1.82, 2.24) is 0 Å². The second kappa shape index (κ2) is 3.97. The van der Waals surface area contributed by atoms with Gasteiger partial charge in [0.1, 0.15) is 0 Å². The highest BCUT2D eigenvalue weighted by molar-refractivity contribution is 7.82. The topological polar surface area (TPSA) is 40.1 Å². The lowest BCUT2D eigenvalue weighted by Crippen LogP contribution is -2.31. The Morgan fingerprint density at radius 3 is 2.42 bits per heavy atom. The molecule has 0 heterocycles.